The number of aryl methyl sites for hydroxylation is 1. The Bertz CT molecular complexity index is 1340. The summed E-state index contributed by atoms with van der Waals surface area (Å²) in [4.78, 5) is 27.6. The summed E-state index contributed by atoms with van der Waals surface area (Å²) in [5, 5.41) is 4.66. The molecule has 3 aromatic rings. The van der Waals surface area contributed by atoms with Crippen molar-refractivity contribution in [3.63, 3.8) is 0 Å². The van der Waals surface area contributed by atoms with Crippen LogP contribution in [-0.4, -0.2) is 45.8 Å². The molecule has 4 rings (SSSR count). The normalized spacial score (nSPS) is 14.2. The van der Waals surface area contributed by atoms with Crippen molar-refractivity contribution < 1.29 is 18.5 Å². The van der Waals surface area contributed by atoms with Gasteiger partial charge in [0.05, 0.1) is 4.90 Å². The van der Waals surface area contributed by atoms with Crippen molar-refractivity contribution in [3.05, 3.63) is 71.8 Å². The molecule has 1 unspecified atom stereocenters. The predicted octanol–water partition coefficient (Wildman–Crippen LogP) is 6.69. The van der Waals surface area contributed by atoms with Crippen molar-refractivity contribution in [2.24, 2.45) is 0 Å². The summed E-state index contributed by atoms with van der Waals surface area (Å²) >= 11 is 0. The van der Waals surface area contributed by atoms with Gasteiger partial charge >= 0.3 is 6.09 Å². The number of piperidine rings is 1. The van der Waals surface area contributed by atoms with Gasteiger partial charge in [-0.2, -0.15) is 0 Å². The number of benzene rings is 3. The third-order valence-corrected chi connectivity index (χ3v) is 7.44. The highest BCUT2D eigenvalue weighted by Gasteiger charge is 2.28. The van der Waals surface area contributed by atoms with E-state index in [4.69, 9.17) is 4.74 Å². The Kier molecular flexibility index (Phi) is 12.4. The van der Waals surface area contributed by atoms with Crippen LogP contribution in [0.15, 0.2) is 65.6 Å². The lowest BCUT2D eigenvalue weighted by Gasteiger charge is -2.33. The molecule has 1 saturated heterocycles. The van der Waals surface area contributed by atoms with E-state index in [1.54, 1.807) is 23.1 Å². The number of anilines is 1. The van der Waals surface area contributed by atoms with E-state index in [0.29, 0.717) is 42.1 Å². The van der Waals surface area contributed by atoms with Crippen LogP contribution in [0.4, 0.5) is 10.5 Å². The van der Waals surface area contributed by atoms with E-state index in [2.05, 4.69) is 22.9 Å². The van der Waals surface area contributed by atoms with Gasteiger partial charge in [-0.1, -0.05) is 56.3 Å². The molecule has 2 amide bonds. The summed E-state index contributed by atoms with van der Waals surface area (Å²) in [7, 11) is -1.45. The number of ether oxygens (including phenoxy) is 1. The number of nitrogens with one attached hydrogen (secondary N) is 2. The molecule has 1 aliphatic heterocycles. The zero-order valence-electron chi connectivity index (χ0n) is 24.3. The summed E-state index contributed by atoms with van der Waals surface area (Å²) in [5.74, 6) is -0.179. The van der Waals surface area contributed by atoms with Crippen LogP contribution in [0.2, 0.25) is 0 Å². The molecule has 40 heavy (non-hydrogen) atoms. The minimum absolute atomic E-state index is 0.0173. The molecule has 0 aliphatic carbocycles. The van der Waals surface area contributed by atoms with Crippen molar-refractivity contribution in [2.75, 3.05) is 18.4 Å². The van der Waals surface area contributed by atoms with Gasteiger partial charge in [-0.05, 0) is 64.3 Å². The third-order valence-electron chi connectivity index (χ3n) is 6.14. The third kappa shape index (κ3) is 8.67. The van der Waals surface area contributed by atoms with Crippen molar-refractivity contribution in [1.82, 2.24) is 9.62 Å². The first-order valence-corrected chi connectivity index (χ1v) is 14.7. The standard InChI is InChI=1S/C28H33N3O4S.C2H6.C2H2/c1-19-9-5-6-10-21(19)26(32)29-24-13-14-25(23-12-8-7-11-22(23)24)36(34)30-20-15-17-31(18-16-20)27(33)35-28(2,3)4;2*1-2/h5-14,20,30H,15-18H2,1-4H3,(H,29,32);1-2H3;1-2H. The first kappa shape index (κ1) is 32.5. The van der Waals surface area contributed by atoms with E-state index in [9.17, 15) is 13.8 Å². The smallest absolute Gasteiger partial charge is 0.410 e. The Morgan fingerprint density at radius 1 is 0.925 bits per heavy atom. The SMILES string of the molecule is C#C.CC.Cc1ccccc1C(=O)Nc1ccc(S(=O)NC2CCN(C(=O)OC(C)(C)C)CC2)c2ccccc12. The van der Waals surface area contributed by atoms with Crippen LogP contribution in [0.25, 0.3) is 10.8 Å². The van der Waals surface area contributed by atoms with Crippen LogP contribution >= 0.6 is 0 Å². The lowest BCUT2D eigenvalue weighted by molar-refractivity contribution is 0.0204. The van der Waals surface area contributed by atoms with Crippen molar-refractivity contribution in [2.45, 2.75) is 70.9 Å². The van der Waals surface area contributed by atoms with Gasteiger partial charge in [0.1, 0.15) is 16.6 Å². The maximum Gasteiger partial charge on any atom is 0.410 e. The van der Waals surface area contributed by atoms with E-state index in [-0.39, 0.29) is 18.0 Å². The Hall–Kier alpha value is -3.67. The average molecular weight is 564 g/mol. The molecule has 8 heteroatoms. The topological polar surface area (TPSA) is 87.7 Å². The number of rotatable bonds is 5. The number of fused-ring (bicyclic) bond motifs is 1. The lowest BCUT2D eigenvalue weighted by atomic mass is 10.1. The Morgan fingerprint density at radius 2 is 1.50 bits per heavy atom. The Balaban J connectivity index is 0.00000134. The molecule has 1 aliphatic rings. The minimum Gasteiger partial charge on any atom is -0.444 e. The molecule has 0 bridgehead atoms. The molecular formula is C32H41N3O4S. The van der Waals surface area contributed by atoms with E-state index in [0.717, 1.165) is 16.3 Å². The number of terminal acetylenes is 1. The lowest BCUT2D eigenvalue weighted by Crippen LogP contribution is -2.46. The van der Waals surface area contributed by atoms with Gasteiger partial charge in [-0.3, -0.25) is 4.79 Å². The fraction of sp³-hybridized carbons (Fsp3) is 0.375. The molecule has 214 valence electrons. The second-order valence-corrected chi connectivity index (χ2v) is 11.3. The molecular weight excluding hydrogens is 522 g/mol. The molecule has 0 saturated carbocycles. The average Bonchev–Trinajstić information content (AvgIpc) is 2.95. The second-order valence-electron chi connectivity index (χ2n) is 10.1. The maximum atomic E-state index is 13.3. The van der Waals surface area contributed by atoms with Crippen LogP contribution < -0.4 is 10.0 Å². The number of nitrogens with zero attached hydrogens (tertiary/aromatic N) is 1. The Morgan fingerprint density at radius 3 is 2.10 bits per heavy atom. The highest BCUT2D eigenvalue weighted by Crippen LogP contribution is 2.29. The first-order chi connectivity index (χ1) is 19.1. The molecule has 0 radical (unpaired) electrons. The van der Waals surface area contributed by atoms with E-state index < -0.39 is 16.6 Å². The van der Waals surface area contributed by atoms with Crippen LogP contribution in [0.5, 0.6) is 0 Å². The second kappa shape index (κ2) is 15.2. The van der Waals surface area contributed by atoms with Crippen LogP contribution in [-0.2, 0) is 15.7 Å². The van der Waals surface area contributed by atoms with Gasteiger partial charge in [-0.25, -0.2) is 13.7 Å². The van der Waals surface area contributed by atoms with Crippen LogP contribution in [0, 0.1) is 19.8 Å². The van der Waals surface area contributed by atoms with Gasteiger partial charge in [0.25, 0.3) is 5.91 Å². The van der Waals surface area contributed by atoms with E-state index >= 15 is 0 Å². The highest BCUT2D eigenvalue weighted by molar-refractivity contribution is 7.83. The van der Waals surface area contributed by atoms with Gasteiger partial charge in [-0.15, -0.1) is 12.8 Å². The van der Waals surface area contributed by atoms with Gasteiger partial charge in [0.2, 0.25) is 0 Å². The minimum atomic E-state index is -1.45. The van der Waals surface area contributed by atoms with Gasteiger partial charge in [0.15, 0.2) is 0 Å². The first-order valence-electron chi connectivity index (χ1n) is 13.5. The van der Waals surface area contributed by atoms with Crippen LogP contribution in [0.1, 0.15) is 63.4 Å². The number of carbonyl (C=O) groups is 2. The molecule has 7 nitrogen and oxygen atoms in total. The molecule has 1 heterocycles. The van der Waals surface area contributed by atoms with Crippen molar-refractivity contribution in [3.8, 4) is 12.8 Å². The molecule has 1 atom stereocenters. The molecule has 2 N–H and O–H groups in total. The highest BCUT2D eigenvalue weighted by atomic mass is 32.2. The van der Waals surface area contributed by atoms with E-state index in [1.807, 2.05) is 84.0 Å². The molecule has 0 spiro atoms. The number of likely N-dealkylation sites (tertiary alicyclic amines) is 1. The molecule has 1 fully saturated rings. The fourth-order valence-electron chi connectivity index (χ4n) is 4.28. The van der Waals surface area contributed by atoms with Gasteiger partial charge in [0, 0.05) is 41.2 Å². The number of hydrogen-bond acceptors (Lipinski definition) is 4. The van der Waals surface area contributed by atoms with E-state index in [1.165, 1.54) is 0 Å². The number of amides is 2. The van der Waals surface area contributed by atoms with Crippen LogP contribution in [0.3, 0.4) is 0 Å². The van der Waals surface area contributed by atoms with Gasteiger partial charge < -0.3 is 15.0 Å². The summed E-state index contributed by atoms with van der Waals surface area (Å²) in [6, 6.07) is 18.7. The van der Waals surface area contributed by atoms with Crippen molar-refractivity contribution in [1.29, 1.82) is 0 Å². The summed E-state index contributed by atoms with van der Waals surface area (Å²) < 4.78 is 22.0. The molecule has 3 aromatic carbocycles. The summed E-state index contributed by atoms with van der Waals surface area (Å²) in [5.41, 5.74) is 1.66. The predicted molar refractivity (Wildman–Crippen MR) is 165 cm³/mol. The number of hydrogen-bond donors (Lipinski definition) is 2. The molecule has 0 aromatic heterocycles. The maximum absolute atomic E-state index is 13.3. The number of carbonyl (C=O) groups excluding carboxylic acids is 2. The van der Waals surface area contributed by atoms with Crippen molar-refractivity contribution >= 4 is 39.4 Å². The zero-order valence-corrected chi connectivity index (χ0v) is 25.1. The summed E-state index contributed by atoms with van der Waals surface area (Å²) in [6.07, 6.45) is 9.07. The summed E-state index contributed by atoms with van der Waals surface area (Å²) in [6.45, 7) is 12.6. The Labute approximate surface area is 241 Å². The largest absolute Gasteiger partial charge is 0.444 e. The quantitative estimate of drug-likeness (QED) is 0.339. The fourth-order valence-corrected chi connectivity index (χ4v) is 5.52. The zero-order chi connectivity index (χ0) is 29.9. The monoisotopic (exact) mass is 563 g/mol.